The van der Waals surface area contributed by atoms with Gasteiger partial charge in [0.05, 0.1) is 0 Å². The van der Waals surface area contributed by atoms with E-state index in [1.165, 1.54) is 0 Å². The fourth-order valence-electron chi connectivity index (χ4n) is 1.62. The van der Waals surface area contributed by atoms with E-state index < -0.39 is 7.12 Å². The summed E-state index contributed by atoms with van der Waals surface area (Å²) in [6, 6.07) is 7.48. The van der Waals surface area contributed by atoms with Crippen molar-refractivity contribution in [2.45, 2.75) is 19.8 Å². The molecule has 0 aliphatic heterocycles. The highest BCUT2D eigenvalue weighted by Gasteiger charge is 2.10. The highest BCUT2D eigenvalue weighted by molar-refractivity contribution is 6.58. The van der Waals surface area contributed by atoms with Gasteiger partial charge in [0, 0.05) is 0 Å². The molecule has 0 heterocycles. The Labute approximate surface area is 97.9 Å². The van der Waals surface area contributed by atoms with Gasteiger partial charge in [0.25, 0.3) is 0 Å². The molecule has 0 amide bonds. The van der Waals surface area contributed by atoms with Gasteiger partial charge in [-0.05, 0) is 44.0 Å². The first-order valence-corrected chi connectivity index (χ1v) is 5.77. The van der Waals surface area contributed by atoms with E-state index in [9.17, 15) is 0 Å². The minimum Gasteiger partial charge on any atom is -0.423 e. The predicted octanol–water partition coefficient (Wildman–Crippen LogP) is 0.251. The normalized spacial score (nSPS) is 10.8. The van der Waals surface area contributed by atoms with Gasteiger partial charge in [-0.3, -0.25) is 0 Å². The van der Waals surface area contributed by atoms with E-state index in [-0.39, 0.29) is 0 Å². The third-order valence-electron chi connectivity index (χ3n) is 2.79. The summed E-state index contributed by atoms with van der Waals surface area (Å²) in [7, 11) is 0.742. The molecule has 0 spiro atoms. The number of aryl methyl sites for hydroxylation is 1. The van der Waals surface area contributed by atoms with Gasteiger partial charge in [-0.15, -0.1) is 0 Å². The molecule has 1 aromatic carbocycles. The van der Waals surface area contributed by atoms with Crippen LogP contribution in [0.4, 0.5) is 0 Å². The summed E-state index contributed by atoms with van der Waals surface area (Å²) in [5.74, 6) is 0. The van der Waals surface area contributed by atoms with E-state index in [1.807, 2.05) is 18.2 Å². The van der Waals surface area contributed by atoms with Crippen LogP contribution in [0, 0.1) is 0 Å². The summed E-state index contributed by atoms with van der Waals surface area (Å²) in [5.41, 5.74) is 1.73. The molecule has 0 saturated heterocycles. The Hall–Kier alpha value is -0.835. The lowest BCUT2D eigenvalue weighted by Gasteiger charge is -2.13. The van der Waals surface area contributed by atoms with Crippen LogP contribution in [0.25, 0.3) is 0 Å². The van der Waals surface area contributed by atoms with Crippen molar-refractivity contribution in [2.75, 3.05) is 20.1 Å². The van der Waals surface area contributed by atoms with Crippen molar-refractivity contribution in [3.05, 3.63) is 29.8 Å². The van der Waals surface area contributed by atoms with Crippen LogP contribution < -0.4 is 5.46 Å². The van der Waals surface area contributed by atoms with Crippen LogP contribution in [0.1, 0.15) is 18.9 Å². The van der Waals surface area contributed by atoms with Crippen molar-refractivity contribution < 1.29 is 10.0 Å². The van der Waals surface area contributed by atoms with E-state index in [0.29, 0.717) is 5.46 Å². The Morgan fingerprint density at radius 2 is 2.06 bits per heavy atom. The Balaban J connectivity index is 2.45. The molecule has 1 rings (SSSR count). The van der Waals surface area contributed by atoms with Gasteiger partial charge in [0.1, 0.15) is 0 Å². The number of hydrogen-bond acceptors (Lipinski definition) is 3. The lowest BCUT2D eigenvalue weighted by Crippen LogP contribution is -2.29. The molecule has 0 aliphatic rings. The van der Waals surface area contributed by atoms with Crippen LogP contribution in [0.15, 0.2) is 24.3 Å². The maximum atomic E-state index is 9.05. The Kier molecular flexibility index (Phi) is 5.53. The van der Waals surface area contributed by atoms with E-state index in [4.69, 9.17) is 10.0 Å². The van der Waals surface area contributed by atoms with E-state index in [0.717, 1.165) is 31.5 Å². The summed E-state index contributed by atoms with van der Waals surface area (Å²) < 4.78 is 0. The van der Waals surface area contributed by atoms with Crippen molar-refractivity contribution >= 4 is 12.6 Å². The van der Waals surface area contributed by atoms with Gasteiger partial charge >= 0.3 is 7.12 Å². The van der Waals surface area contributed by atoms with Crippen LogP contribution in [0.3, 0.4) is 0 Å². The first kappa shape index (κ1) is 13.2. The van der Waals surface area contributed by atoms with Gasteiger partial charge < -0.3 is 14.9 Å². The van der Waals surface area contributed by atoms with E-state index in [2.05, 4.69) is 18.9 Å². The molecule has 0 unspecified atom stereocenters. The lowest BCUT2D eigenvalue weighted by atomic mass is 9.79. The maximum absolute atomic E-state index is 9.05. The largest absolute Gasteiger partial charge is 0.488 e. The SMILES string of the molecule is CCN(C)CCCc1cccc(B(O)O)c1. The Morgan fingerprint density at radius 1 is 1.31 bits per heavy atom. The highest BCUT2D eigenvalue weighted by Crippen LogP contribution is 2.02. The van der Waals surface area contributed by atoms with Gasteiger partial charge in [-0.2, -0.15) is 0 Å². The first-order chi connectivity index (χ1) is 7.63. The summed E-state index contributed by atoms with van der Waals surface area (Å²) in [6.07, 6.45) is 2.07. The second kappa shape index (κ2) is 6.68. The van der Waals surface area contributed by atoms with E-state index in [1.54, 1.807) is 6.07 Å². The number of benzene rings is 1. The van der Waals surface area contributed by atoms with Crippen LogP contribution in [-0.2, 0) is 6.42 Å². The molecular formula is C12H20BNO2. The molecule has 4 heteroatoms. The number of nitrogens with zero attached hydrogens (tertiary/aromatic N) is 1. The summed E-state index contributed by atoms with van der Waals surface area (Å²) in [4.78, 5) is 2.27. The summed E-state index contributed by atoms with van der Waals surface area (Å²) in [5, 5.41) is 18.1. The van der Waals surface area contributed by atoms with Gasteiger partial charge in [0.2, 0.25) is 0 Å². The van der Waals surface area contributed by atoms with Gasteiger partial charge in [-0.1, -0.05) is 31.2 Å². The van der Waals surface area contributed by atoms with Crippen LogP contribution in [0.2, 0.25) is 0 Å². The van der Waals surface area contributed by atoms with Crippen molar-refractivity contribution in [1.82, 2.24) is 4.90 Å². The van der Waals surface area contributed by atoms with E-state index >= 15 is 0 Å². The molecule has 1 aromatic rings. The first-order valence-electron chi connectivity index (χ1n) is 5.77. The molecule has 2 N–H and O–H groups in total. The molecule has 0 saturated carbocycles. The molecule has 0 radical (unpaired) electrons. The summed E-state index contributed by atoms with van der Waals surface area (Å²) >= 11 is 0. The zero-order chi connectivity index (χ0) is 12.0. The zero-order valence-electron chi connectivity index (χ0n) is 10.1. The third-order valence-corrected chi connectivity index (χ3v) is 2.79. The monoisotopic (exact) mass is 221 g/mol. The lowest BCUT2D eigenvalue weighted by molar-refractivity contribution is 0.347. The highest BCUT2D eigenvalue weighted by atomic mass is 16.4. The third kappa shape index (κ3) is 4.35. The van der Waals surface area contributed by atoms with Gasteiger partial charge in [0.15, 0.2) is 0 Å². The second-order valence-corrected chi connectivity index (χ2v) is 4.12. The predicted molar refractivity (Wildman–Crippen MR) is 67.8 cm³/mol. The average Bonchev–Trinajstić information content (AvgIpc) is 2.29. The summed E-state index contributed by atoms with van der Waals surface area (Å²) in [6.45, 7) is 4.28. The molecule has 0 aliphatic carbocycles. The topological polar surface area (TPSA) is 43.7 Å². The molecule has 0 aromatic heterocycles. The van der Waals surface area contributed by atoms with Crippen molar-refractivity contribution in [3.63, 3.8) is 0 Å². The van der Waals surface area contributed by atoms with Crippen LogP contribution in [0.5, 0.6) is 0 Å². The fraction of sp³-hybridized carbons (Fsp3) is 0.500. The Bertz CT molecular complexity index is 318. The molecular weight excluding hydrogens is 201 g/mol. The van der Waals surface area contributed by atoms with Crippen molar-refractivity contribution in [3.8, 4) is 0 Å². The van der Waals surface area contributed by atoms with Gasteiger partial charge in [-0.25, -0.2) is 0 Å². The minimum atomic E-state index is -1.36. The quantitative estimate of drug-likeness (QED) is 0.677. The number of hydrogen-bond donors (Lipinski definition) is 2. The van der Waals surface area contributed by atoms with Crippen molar-refractivity contribution in [1.29, 1.82) is 0 Å². The van der Waals surface area contributed by atoms with Crippen molar-refractivity contribution in [2.24, 2.45) is 0 Å². The Morgan fingerprint density at radius 3 is 2.69 bits per heavy atom. The van der Waals surface area contributed by atoms with Crippen LogP contribution in [-0.4, -0.2) is 42.2 Å². The smallest absolute Gasteiger partial charge is 0.423 e. The fourth-order valence-corrected chi connectivity index (χ4v) is 1.62. The average molecular weight is 221 g/mol. The molecule has 88 valence electrons. The zero-order valence-corrected chi connectivity index (χ0v) is 10.1. The number of rotatable bonds is 6. The van der Waals surface area contributed by atoms with Crippen LogP contribution >= 0.6 is 0 Å². The molecule has 0 bridgehead atoms. The molecule has 3 nitrogen and oxygen atoms in total. The standard InChI is InChI=1S/C12H20BNO2/c1-3-14(2)9-5-7-11-6-4-8-12(10-11)13(15)16/h4,6,8,10,15-16H,3,5,7,9H2,1-2H3. The molecule has 0 fully saturated rings. The second-order valence-electron chi connectivity index (χ2n) is 4.12. The molecule has 16 heavy (non-hydrogen) atoms. The molecule has 0 atom stereocenters. The maximum Gasteiger partial charge on any atom is 0.488 e. The minimum absolute atomic E-state index is 0.571.